The second-order valence-electron chi connectivity index (χ2n) is 4.76. The van der Waals surface area contributed by atoms with Crippen LogP contribution in [0, 0.1) is 0 Å². The minimum absolute atomic E-state index is 0.00176. The Hall–Kier alpha value is -0.540. The second-order valence-corrected chi connectivity index (χ2v) is 4.76. The maximum absolute atomic E-state index is 6.28. The van der Waals surface area contributed by atoms with Gasteiger partial charge >= 0.3 is 0 Å². The molecule has 1 saturated heterocycles. The van der Waals surface area contributed by atoms with E-state index in [1.54, 1.807) is 0 Å². The summed E-state index contributed by atoms with van der Waals surface area (Å²) in [5, 5.41) is 0. The van der Waals surface area contributed by atoms with Gasteiger partial charge in [-0.1, -0.05) is 0 Å². The van der Waals surface area contributed by atoms with Gasteiger partial charge in [0.1, 0.15) is 0 Å². The van der Waals surface area contributed by atoms with Crippen molar-refractivity contribution in [2.24, 2.45) is 5.73 Å². The van der Waals surface area contributed by atoms with Crippen molar-refractivity contribution in [2.75, 3.05) is 13.2 Å². The highest BCUT2D eigenvalue weighted by Gasteiger charge is 2.36. The van der Waals surface area contributed by atoms with Gasteiger partial charge in [0.25, 0.3) is 0 Å². The van der Waals surface area contributed by atoms with Crippen molar-refractivity contribution in [3.63, 3.8) is 0 Å². The van der Waals surface area contributed by atoms with Gasteiger partial charge in [0.15, 0.2) is 0 Å². The molecule has 1 fully saturated rings. The van der Waals surface area contributed by atoms with Crippen LogP contribution in [0.5, 0.6) is 0 Å². The first-order valence-electron chi connectivity index (χ1n) is 5.92. The van der Waals surface area contributed by atoms with Crippen molar-refractivity contribution >= 4 is 0 Å². The molecule has 2 N–H and O–H groups in total. The molecule has 0 amide bonds. The van der Waals surface area contributed by atoms with Crippen LogP contribution in [0.4, 0.5) is 0 Å². The zero-order valence-electron chi connectivity index (χ0n) is 9.50. The molecule has 3 nitrogen and oxygen atoms in total. The van der Waals surface area contributed by atoms with E-state index in [1.165, 1.54) is 12.0 Å². The van der Waals surface area contributed by atoms with Gasteiger partial charge in [-0.3, -0.25) is 0 Å². The molecule has 15 heavy (non-hydrogen) atoms. The SMILES string of the molecule is CC1(C(N)C2=COCCC2)CCCCO1. The average molecular weight is 211 g/mol. The predicted molar refractivity (Wildman–Crippen MR) is 59.5 cm³/mol. The summed E-state index contributed by atoms with van der Waals surface area (Å²) >= 11 is 0. The monoisotopic (exact) mass is 211 g/mol. The fourth-order valence-electron chi connectivity index (χ4n) is 2.41. The van der Waals surface area contributed by atoms with Gasteiger partial charge in [-0.05, 0) is 44.6 Å². The Morgan fingerprint density at radius 2 is 2.20 bits per heavy atom. The van der Waals surface area contributed by atoms with Gasteiger partial charge in [-0.15, -0.1) is 0 Å². The normalized spacial score (nSPS) is 34.1. The van der Waals surface area contributed by atoms with Crippen LogP contribution < -0.4 is 5.73 Å². The minimum Gasteiger partial charge on any atom is -0.501 e. The van der Waals surface area contributed by atoms with Crippen molar-refractivity contribution in [3.05, 3.63) is 11.8 Å². The van der Waals surface area contributed by atoms with Crippen LogP contribution in [0.15, 0.2) is 11.8 Å². The summed E-state index contributed by atoms with van der Waals surface area (Å²) in [7, 11) is 0. The summed E-state index contributed by atoms with van der Waals surface area (Å²) in [6, 6.07) is -0.00176. The molecule has 0 saturated carbocycles. The molecular weight excluding hydrogens is 190 g/mol. The maximum atomic E-state index is 6.28. The molecule has 2 unspecified atom stereocenters. The molecule has 2 aliphatic heterocycles. The molecule has 0 aliphatic carbocycles. The fraction of sp³-hybridized carbons (Fsp3) is 0.833. The van der Waals surface area contributed by atoms with E-state index in [-0.39, 0.29) is 11.6 Å². The van der Waals surface area contributed by atoms with Gasteiger partial charge in [-0.25, -0.2) is 0 Å². The standard InChI is InChI=1S/C12H21NO2/c1-12(6-2-3-8-15-12)11(13)10-5-4-7-14-9-10/h9,11H,2-8,13H2,1H3. The summed E-state index contributed by atoms with van der Waals surface area (Å²) in [6.45, 7) is 3.80. The van der Waals surface area contributed by atoms with Crippen molar-refractivity contribution in [2.45, 2.75) is 50.7 Å². The molecular formula is C12H21NO2. The molecule has 0 radical (unpaired) electrons. The maximum Gasteiger partial charge on any atom is 0.0876 e. The fourth-order valence-corrected chi connectivity index (χ4v) is 2.41. The van der Waals surface area contributed by atoms with E-state index in [1.807, 2.05) is 6.26 Å². The van der Waals surface area contributed by atoms with Crippen LogP contribution >= 0.6 is 0 Å². The van der Waals surface area contributed by atoms with E-state index in [0.29, 0.717) is 0 Å². The molecule has 0 bridgehead atoms. The topological polar surface area (TPSA) is 44.5 Å². The quantitative estimate of drug-likeness (QED) is 0.759. The second kappa shape index (κ2) is 4.54. The lowest BCUT2D eigenvalue weighted by molar-refractivity contribution is -0.0756. The Kier molecular flexibility index (Phi) is 3.32. The number of hydrogen-bond acceptors (Lipinski definition) is 3. The first-order chi connectivity index (χ1) is 7.22. The number of nitrogens with two attached hydrogens (primary N) is 1. The molecule has 0 spiro atoms. The molecule has 2 aliphatic rings. The lowest BCUT2D eigenvalue weighted by Crippen LogP contribution is -2.51. The number of ether oxygens (including phenoxy) is 2. The predicted octanol–water partition coefficient (Wildman–Crippen LogP) is 1.97. The molecule has 3 heteroatoms. The Morgan fingerprint density at radius 3 is 2.80 bits per heavy atom. The highest BCUT2D eigenvalue weighted by atomic mass is 16.5. The minimum atomic E-state index is -0.176. The summed E-state index contributed by atoms with van der Waals surface area (Å²) in [5.41, 5.74) is 7.32. The molecule has 2 heterocycles. The highest BCUT2D eigenvalue weighted by Crippen LogP contribution is 2.32. The first kappa shape index (κ1) is 11.0. The van der Waals surface area contributed by atoms with Crippen molar-refractivity contribution < 1.29 is 9.47 Å². The van der Waals surface area contributed by atoms with Crippen molar-refractivity contribution in [1.82, 2.24) is 0 Å². The summed E-state index contributed by atoms with van der Waals surface area (Å²) in [5.74, 6) is 0. The van der Waals surface area contributed by atoms with Gasteiger partial charge < -0.3 is 15.2 Å². The molecule has 86 valence electrons. The lowest BCUT2D eigenvalue weighted by atomic mass is 9.83. The molecule has 0 aromatic carbocycles. The van der Waals surface area contributed by atoms with Crippen LogP contribution in [0.25, 0.3) is 0 Å². The van der Waals surface area contributed by atoms with E-state index in [4.69, 9.17) is 15.2 Å². The lowest BCUT2D eigenvalue weighted by Gasteiger charge is -2.40. The van der Waals surface area contributed by atoms with Gasteiger partial charge in [0.05, 0.1) is 24.5 Å². The summed E-state index contributed by atoms with van der Waals surface area (Å²) in [4.78, 5) is 0. The van der Waals surface area contributed by atoms with Crippen molar-refractivity contribution in [1.29, 1.82) is 0 Å². The Labute approximate surface area is 91.6 Å². The Morgan fingerprint density at radius 1 is 1.33 bits per heavy atom. The smallest absolute Gasteiger partial charge is 0.0876 e. The third kappa shape index (κ3) is 2.34. The van der Waals surface area contributed by atoms with Crippen LogP contribution in [0.1, 0.15) is 39.0 Å². The van der Waals surface area contributed by atoms with E-state index < -0.39 is 0 Å². The zero-order valence-corrected chi connectivity index (χ0v) is 9.50. The van der Waals surface area contributed by atoms with Gasteiger partial charge in [0.2, 0.25) is 0 Å². The molecule has 2 atom stereocenters. The number of rotatable bonds is 2. The Bertz CT molecular complexity index is 244. The van der Waals surface area contributed by atoms with E-state index in [2.05, 4.69) is 6.92 Å². The largest absolute Gasteiger partial charge is 0.501 e. The molecule has 0 aromatic heterocycles. The Balaban J connectivity index is 2.04. The molecule has 0 aromatic rings. The van der Waals surface area contributed by atoms with Crippen molar-refractivity contribution in [3.8, 4) is 0 Å². The number of hydrogen-bond donors (Lipinski definition) is 1. The van der Waals surface area contributed by atoms with Gasteiger partial charge in [0, 0.05) is 6.61 Å². The third-order valence-electron chi connectivity index (χ3n) is 3.52. The van der Waals surface area contributed by atoms with Crippen LogP contribution in [-0.2, 0) is 9.47 Å². The van der Waals surface area contributed by atoms with Crippen LogP contribution in [0.2, 0.25) is 0 Å². The average Bonchev–Trinajstić information content (AvgIpc) is 2.30. The first-order valence-corrected chi connectivity index (χ1v) is 5.92. The zero-order chi connectivity index (χ0) is 10.7. The third-order valence-corrected chi connectivity index (χ3v) is 3.52. The van der Waals surface area contributed by atoms with Crippen LogP contribution in [0.3, 0.4) is 0 Å². The molecule has 2 rings (SSSR count). The van der Waals surface area contributed by atoms with E-state index >= 15 is 0 Å². The van der Waals surface area contributed by atoms with Crippen LogP contribution in [-0.4, -0.2) is 24.9 Å². The van der Waals surface area contributed by atoms with E-state index in [9.17, 15) is 0 Å². The summed E-state index contributed by atoms with van der Waals surface area (Å²) < 4.78 is 11.2. The van der Waals surface area contributed by atoms with Gasteiger partial charge in [-0.2, -0.15) is 0 Å². The van der Waals surface area contributed by atoms with E-state index in [0.717, 1.165) is 38.9 Å². The highest BCUT2D eigenvalue weighted by molar-refractivity contribution is 5.15. The summed E-state index contributed by atoms with van der Waals surface area (Å²) in [6.07, 6.45) is 7.43.